The van der Waals surface area contributed by atoms with Gasteiger partial charge in [-0.05, 0) is 25.3 Å². The maximum Gasteiger partial charge on any atom is 0.267 e. The normalized spacial score (nSPS) is 18.8. The number of ether oxygens (including phenoxy) is 2. The number of alkyl halides is 1. The maximum atomic E-state index is 13.7. The molecule has 0 spiro atoms. The van der Waals surface area contributed by atoms with Crippen LogP contribution in [-0.4, -0.2) is 54.4 Å². The number of carbonyl (C=O) groups is 1. The zero-order valence-electron chi connectivity index (χ0n) is 18.5. The number of benzene rings is 1. The predicted octanol–water partition coefficient (Wildman–Crippen LogP) is 3.61. The number of carbonyl (C=O) groups excluding carboxylic acids is 1. The molecule has 168 valence electrons. The summed E-state index contributed by atoms with van der Waals surface area (Å²) in [6.07, 6.45) is 1.97. The fraction of sp³-hybridized carbons (Fsp3) is 0.522. The molecule has 1 atom stereocenters. The number of aromatic nitrogens is 1. The smallest absolute Gasteiger partial charge is 0.267 e. The van der Waals surface area contributed by atoms with Crippen LogP contribution < -0.4 is 5.32 Å². The monoisotopic (exact) mass is 431 g/mol. The second kappa shape index (κ2) is 9.70. The number of oxime groups is 1. The standard InChI is InChI=1S/C23H30FN3O4/c1-5-29-22(14-24,30-6-2)15-26-21(28)23(16(3)4)13-19(27-31-23)20-18-10-8-7-9-17(18)11-12-25-20/h7-12,16H,5-6,13-15H2,1-4H3,(H,26,28). The van der Waals surface area contributed by atoms with Gasteiger partial charge < -0.3 is 19.6 Å². The molecule has 1 aromatic heterocycles. The van der Waals surface area contributed by atoms with Gasteiger partial charge >= 0.3 is 0 Å². The molecule has 0 aliphatic carbocycles. The van der Waals surface area contributed by atoms with E-state index in [-0.39, 0.29) is 32.1 Å². The van der Waals surface area contributed by atoms with Crippen molar-refractivity contribution in [3.8, 4) is 0 Å². The van der Waals surface area contributed by atoms with Crippen molar-refractivity contribution in [2.75, 3.05) is 26.4 Å². The second-order valence-corrected chi connectivity index (χ2v) is 7.82. The topological polar surface area (TPSA) is 82.0 Å². The third-order valence-electron chi connectivity index (χ3n) is 5.55. The van der Waals surface area contributed by atoms with E-state index in [9.17, 15) is 9.18 Å². The Morgan fingerprint density at radius 3 is 2.61 bits per heavy atom. The number of rotatable bonds is 10. The Labute approximate surface area is 182 Å². The Kier molecular flexibility index (Phi) is 7.23. The molecule has 7 nitrogen and oxygen atoms in total. The average Bonchev–Trinajstić information content (AvgIpc) is 3.24. The minimum atomic E-state index is -1.52. The number of amides is 1. The van der Waals surface area contributed by atoms with Gasteiger partial charge in [0.05, 0.1) is 12.2 Å². The van der Waals surface area contributed by atoms with E-state index in [1.807, 2.05) is 44.2 Å². The fourth-order valence-electron chi connectivity index (χ4n) is 3.78. The lowest BCUT2D eigenvalue weighted by Gasteiger charge is -2.33. The number of nitrogens with zero attached hydrogens (tertiary/aromatic N) is 2. The van der Waals surface area contributed by atoms with Crippen LogP contribution >= 0.6 is 0 Å². The zero-order chi connectivity index (χ0) is 22.5. The molecule has 0 fully saturated rings. The second-order valence-electron chi connectivity index (χ2n) is 7.82. The summed E-state index contributed by atoms with van der Waals surface area (Å²) in [5, 5.41) is 8.99. The highest BCUT2D eigenvalue weighted by atomic mass is 19.1. The van der Waals surface area contributed by atoms with Crippen LogP contribution in [0.15, 0.2) is 41.7 Å². The minimum absolute atomic E-state index is 0.135. The van der Waals surface area contributed by atoms with Gasteiger partial charge in [-0.3, -0.25) is 9.78 Å². The van der Waals surface area contributed by atoms with Gasteiger partial charge in [0.15, 0.2) is 0 Å². The lowest BCUT2D eigenvalue weighted by molar-refractivity contribution is -0.237. The van der Waals surface area contributed by atoms with Crippen molar-refractivity contribution in [3.05, 3.63) is 42.2 Å². The van der Waals surface area contributed by atoms with E-state index >= 15 is 0 Å². The van der Waals surface area contributed by atoms with Gasteiger partial charge in [0.1, 0.15) is 12.4 Å². The Balaban J connectivity index is 1.81. The molecule has 1 aliphatic heterocycles. The summed E-state index contributed by atoms with van der Waals surface area (Å²) >= 11 is 0. The van der Waals surface area contributed by atoms with Crippen molar-refractivity contribution in [2.45, 2.75) is 45.5 Å². The molecule has 2 aromatic rings. The van der Waals surface area contributed by atoms with Crippen molar-refractivity contribution < 1.29 is 23.5 Å². The molecule has 2 heterocycles. The summed E-state index contributed by atoms with van der Waals surface area (Å²) in [6.45, 7) is 6.77. The van der Waals surface area contributed by atoms with Crippen molar-refractivity contribution in [2.24, 2.45) is 11.1 Å². The number of fused-ring (bicyclic) bond motifs is 1. The van der Waals surface area contributed by atoms with Gasteiger partial charge in [0, 0.05) is 37.1 Å². The minimum Gasteiger partial charge on any atom is -0.378 e. The molecule has 0 saturated carbocycles. The number of hydrogen-bond acceptors (Lipinski definition) is 6. The van der Waals surface area contributed by atoms with Gasteiger partial charge in [-0.15, -0.1) is 0 Å². The summed E-state index contributed by atoms with van der Waals surface area (Å²) in [4.78, 5) is 23.5. The number of nitrogens with one attached hydrogen (secondary N) is 1. The van der Waals surface area contributed by atoms with Crippen LogP contribution in [0.1, 0.15) is 39.8 Å². The van der Waals surface area contributed by atoms with Crippen LogP contribution in [0, 0.1) is 5.92 Å². The molecule has 1 N–H and O–H groups in total. The number of hydrogen-bond donors (Lipinski definition) is 1. The van der Waals surface area contributed by atoms with Crippen LogP contribution in [0.5, 0.6) is 0 Å². The van der Waals surface area contributed by atoms with Crippen LogP contribution in [0.4, 0.5) is 4.39 Å². The summed E-state index contributed by atoms with van der Waals surface area (Å²) in [7, 11) is 0. The molecular weight excluding hydrogens is 401 g/mol. The predicted molar refractivity (Wildman–Crippen MR) is 117 cm³/mol. The summed E-state index contributed by atoms with van der Waals surface area (Å²) in [5.41, 5.74) is 0.0660. The first-order chi connectivity index (χ1) is 14.9. The highest BCUT2D eigenvalue weighted by Crippen LogP contribution is 2.35. The Hall–Kier alpha value is -2.58. The maximum absolute atomic E-state index is 13.7. The fourth-order valence-corrected chi connectivity index (χ4v) is 3.78. The lowest BCUT2D eigenvalue weighted by Crippen LogP contribution is -2.56. The molecule has 1 amide bonds. The van der Waals surface area contributed by atoms with Crippen LogP contribution in [0.2, 0.25) is 0 Å². The van der Waals surface area contributed by atoms with Gasteiger partial charge in [-0.25, -0.2) is 4.39 Å². The largest absolute Gasteiger partial charge is 0.378 e. The van der Waals surface area contributed by atoms with Crippen molar-refractivity contribution >= 4 is 22.4 Å². The van der Waals surface area contributed by atoms with Crippen molar-refractivity contribution in [3.63, 3.8) is 0 Å². The summed E-state index contributed by atoms with van der Waals surface area (Å²) in [6, 6.07) is 9.78. The van der Waals surface area contributed by atoms with Crippen molar-refractivity contribution in [1.29, 1.82) is 0 Å². The van der Waals surface area contributed by atoms with E-state index < -0.39 is 24.0 Å². The van der Waals surface area contributed by atoms with Gasteiger partial charge in [-0.2, -0.15) is 0 Å². The van der Waals surface area contributed by atoms with Gasteiger partial charge in [0.25, 0.3) is 5.91 Å². The molecular formula is C23H30FN3O4. The van der Waals surface area contributed by atoms with E-state index in [1.54, 1.807) is 20.0 Å². The molecule has 0 bridgehead atoms. The third-order valence-corrected chi connectivity index (χ3v) is 5.55. The molecule has 1 unspecified atom stereocenters. The Morgan fingerprint density at radius 2 is 1.97 bits per heavy atom. The first-order valence-electron chi connectivity index (χ1n) is 10.6. The summed E-state index contributed by atoms with van der Waals surface area (Å²) in [5.74, 6) is -2.10. The SMILES string of the molecule is CCOC(CF)(CNC(=O)C1(C(C)C)CC(c2nccc3ccccc23)=NO1)OCC. The van der Waals surface area contributed by atoms with E-state index in [4.69, 9.17) is 14.3 Å². The quantitative estimate of drug-likeness (QED) is 0.581. The highest BCUT2D eigenvalue weighted by molar-refractivity contribution is 6.11. The van der Waals surface area contributed by atoms with Crippen LogP contribution in [0.25, 0.3) is 10.8 Å². The molecule has 0 saturated heterocycles. The number of pyridine rings is 1. The van der Waals surface area contributed by atoms with E-state index in [1.165, 1.54) is 0 Å². The Morgan fingerprint density at radius 1 is 1.26 bits per heavy atom. The molecule has 8 heteroatoms. The number of halogens is 1. The average molecular weight is 432 g/mol. The lowest BCUT2D eigenvalue weighted by atomic mass is 9.83. The Bertz CT molecular complexity index is 938. The van der Waals surface area contributed by atoms with E-state index in [0.29, 0.717) is 11.4 Å². The van der Waals surface area contributed by atoms with Crippen molar-refractivity contribution in [1.82, 2.24) is 10.3 Å². The third kappa shape index (κ3) is 4.55. The molecule has 0 radical (unpaired) electrons. The first kappa shape index (κ1) is 23.1. The molecule has 1 aromatic carbocycles. The van der Waals surface area contributed by atoms with Gasteiger partial charge in [0.2, 0.25) is 11.4 Å². The highest BCUT2D eigenvalue weighted by Gasteiger charge is 2.50. The zero-order valence-corrected chi connectivity index (χ0v) is 18.5. The van der Waals surface area contributed by atoms with E-state index in [2.05, 4.69) is 15.5 Å². The van der Waals surface area contributed by atoms with Crippen LogP contribution in [0.3, 0.4) is 0 Å². The van der Waals surface area contributed by atoms with E-state index in [0.717, 1.165) is 10.8 Å². The molecule has 3 rings (SSSR count). The molecule has 31 heavy (non-hydrogen) atoms. The molecule has 1 aliphatic rings. The van der Waals surface area contributed by atoms with Crippen LogP contribution in [-0.2, 0) is 19.1 Å². The van der Waals surface area contributed by atoms with Gasteiger partial charge in [-0.1, -0.05) is 43.3 Å². The summed E-state index contributed by atoms with van der Waals surface area (Å²) < 4.78 is 24.7. The first-order valence-corrected chi connectivity index (χ1v) is 10.6.